The van der Waals surface area contributed by atoms with Crippen LogP contribution in [0.5, 0.6) is 0 Å². The molecule has 0 spiro atoms. The first-order valence-electron chi connectivity index (χ1n) is 3.63. The van der Waals surface area contributed by atoms with E-state index in [-0.39, 0.29) is 5.91 Å². The number of hydrogen-bond donors (Lipinski definition) is 2. The van der Waals surface area contributed by atoms with Crippen LogP contribution >= 0.6 is 11.8 Å². The van der Waals surface area contributed by atoms with Gasteiger partial charge in [-0.1, -0.05) is 6.92 Å². The zero-order valence-corrected chi connectivity index (χ0v) is 8.12. The van der Waals surface area contributed by atoms with Gasteiger partial charge in [0.05, 0.1) is 0 Å². The summed E-state index contributed by atoms with van der Waals surface area (Å²) in [6.45, 7) is 3.87. The lowest BCUT2D eigenvalue weighted by Crippen LogP contribution is -2.53. The molecule has 0 aromatic rings. The number of thioether (sulfide) groups is 1. The van der Waals surface area contributed by atoms with Crippen molar-refractivity contribution in [1.29, 1.82) is 0 Å². The normalized spacial score (nSPS) is 15.9. The summed E-state index contributed by atoms with van der Waals surface area (Å²) >= 11 is 1.70. The van der Waals surface area contributed by atoms with Gasteiger partial charge in [0.1, 0.15) is 5.54 Å². The number of hydrogen-bond acceptors (Lipinski definition) is 3. The molecule has 0 aliphatic rings. The van der Waals surface area contributed by atoms with Crippen molar-refractivity contribution in [3.05, 3.63) is 0 Å². The minimum atomic E-state index is -0.555. The van der Waals surface area contributed by atoms with Crippen LogP contribution in [-0.2, 0) is 4.79 Å². The number of carbonyl (C=O) groups excluding carboxylic acids is 1. The molecule has 0 heterocycles. The lowest BCUT2D eigenvalue weighted by atomic mass is 10.1. The van der Waals surface area contributed by atoms with Gasteiger partial charge in [0.25, 0.3) is 0 Å². The Kier molecular flexibility index (Phi) is 4.52. The molecule has 0 bridgehead atoms. The first kappa shape index (κ1) is 10.8. The van der Waals surface area contributed by atoms with Crippen molar-refractivity contribution in [3.63, 3.8) is 0 Å². The highest BCUT2D eigenvalue weighted by Gasteiger charge is 2.28. The van der Waals surface area contributed by atoms with Gasteiger partial charge in [0.2, 0.25) is 5.91 Å². The van der Waals surface area contributed by atoms with Gasteiger partial charge in [0.15, 0.2) is 0 Å². The Morgan fingerprint density at radius 2 is 2.27 bits per heavy atom. The Bertz CT molecular complexity index is 140. The largest absolute Gasteiger partial charge is 0.368 e. The molecule has 0 saturated heterocycles. The molecule has 0 rings (SSSR count). The van der Waals surface area contributed by atoms with Crippen molar-refractivity contribution in [3.8, 4) is 0 Å². The second-order valence-electron chi connectivity index (χ2n) is 2.58. The smallest absolute Gasteiger partial charge is 0.238 e. The number of carbonyl (C=O) groups is 1. The first-order valence-corrected chi connectivity index (χ1v) is 4.79. The van der Waals surface area contributed by atoms with Crippen LogP contribution in [0, 0.1) is 0 Å². The molecule has 1 amide bonds. The molecule has 1 unspecified atom stereocenters. The van der Waals surface area contributed by atoms with Crippen LogP contribution in [0.15, 0.2) is 0 Å². The van der Waals surface area contributed by atoms with Gasteiger partial charge in [-0.05, 0) is 19.7 Å². The molecule has 4 heteroatoms. The molecule has 11 heavy (non-hydrogen) atoms. The summed E-state index contributed by atoms with van der Waals surface area (Å²) in [6, 6.07) is 0. The molecule has 0 aromatic carbocycles. The summed E-state index contributed by atoms with van der Waals surface area (Å²) in [5.74, 6) is 1.45. The fourth-order valence-corrected chi connectivity index (χ4v) is 1.47. The van der Waals surface area contributed by atoms with Crippen LogP contribution in [0.25, 0.3) is 0 Å². The second-order valence-corrected chi connectivity index (χ2v) is 3.86. The van der Waals surface area contributed by atoms with Gasteiger partial charge < -0.3 is 11.1 Å². The molecular formula is C7H16N2OS. The van der Waals surface area contributed by atoms with E-state index in [0.29, 0.717) is 0 Å². The molecule has 0 aromatic heterocycles. The van der Waals surface area contributed by atoms with Gasteiger partial charge in [-0.3, -0.25) is 4.79 Å². The summed E-state index contributed by atoms with van der Waals surface area (Å²) in [5, 5.41) is 2.92. The molecule has 0 fully saturated rings. The molecular weight excluding hydrogens is 160 g/mol. The Labute approximate surface area is 72.1 Å². The topological polar surface area (TPSA) is 55.1 Å². The van der Waals surface area contributed by atoms with Crippen LogP contribution < -0.4 is 11.1 Å². The molecule has 0 radical (unpaired) electrons. The summed E-state index contributed by atoms with van der Waals surface area (Å²) in [6.07, 6.45) is 0. The molecule has 1 atom stereocenters. The quantitative estimate of drug-likeness (QED) is 0.629. The van der Waals surface area contributed by atoms with E-state index >= 15 is 0 Å². The van der Waals surface area contributed by atoms with E-state index in [1.807, 2.05) is 6.92 Å². The maximum Gasteiger partial charge on any atom is 0.238 e. The summed E-state index contributed by atoms with van der Waals surface area (Å²) in [5.41, 5.74) is 4.65. The number of amides is 1. The third kappa shape index (κ3) is 3.12. The standard InChI is InChI=1S/C7H16N2OS/c1-4-11-5-7(2,9-3)6(8)10/h9H,4-5H2,1-3H3,(H2,8,10). The average molecular weight is 176 g/mol. The van der Waals surface area contributed by atoms with Crippen molar-refractivity contribution in [1.82, 2.24) is 5.32 Å². The number of nitrogens with one attached hydrogen (secondary N) is 1. The monoisotopic (exact) mass is 176 g/mol. The van der Waals surface area contributed by atoms with Gasteiger partial charge >= 0.3 is 0 Å². The summed E-state index contributed by atoms with van der Waals surface area (Å²) < 4.78 is 0. The fraction of sp³-hybridized carbons (Fsp3) is 0.857. The Balaban J connectivity index is 3.99. The van der Waals surface area contributed by atoms with E-state index in [4.69, 9.17) is 5.73 Å². The summed E-state index contributed by atoms with van der Waals surface area (Å²) in [4.78, 5) is 10.9. The van der Waals surface area contributed by atoms with Gasteiger partial charge in [0, 0.05) is 5.75 Å². The van der Waals surface area contributed by atoms with Gasteiger partial charge in [-0.15, -0.1) is 0 Å². The predicted octanol–water partition coefficient (Wildman–Crippen LogP) is 0.203. The van der Waals surface area contributed by atoms with Crippen molar-refractivity contribution >= 4 is 17.7 Å². The molecule has 0 saturated carbocycles. The SMILES string of the molecule is CCSCC(C)(NC)C(N)=O. The van der Waals surface area contributed by atoms with E-state index in [1.165, 1.54) is 0 Å². The number of nitrogens with two attached hydrogens (primary N) is 1. The Morgan fingerprint density at radius 3 is 2.55 bits per heavy atom. The van der Waals surface area contributed by atoms with Crippen molar-refractivity contribution in [2.45, 2.75) is 19.4 Å². The van der Waals surface area contributed by atoms with Gasteiger partial charge in [-0.25, -0.2) is 0 Å². The molecule has 0 aliphatic carbocycles. The van der Waals surface area contributed by atoms with Gasteiger partial charge in [-0.2, -0.15) is 11.8 Å². The number of rotatable bonds is 5. The van der Waals surface area contributed by atoms with Crippen molar-refractivity contribution < 1.29 is 4.79 Å². The highest BCUT2D eigenvalue weighted by Crippen LogP contribution is 2.11. The minimum Gasteiger partial charge on any atom is -0.368 e. The second kappa shape index (κ2) is 4.62. The molecule has 66 valence electrons. The first-order chi connectivity index (χ1) is 5.06. The average Bonchev–Trinajstić information content (AvgIpc) is 2.00. The molecule has 3 N–H and O–H groups in total. The van der Waals surface area contributed by atoms with Crippen molar-refractivity contribution in [2.24, 2.45) is 5.73 Å². The zero-order valence-electron chi connectivity index (χ0n) is 7.31. The van der Waals surface area contributed by atoms with Crippen LogP contribution in [0.2, 0.25) is 0 Å². The van der Waals surface area contributed by atoms with E-state index < -0.39 is 5.54 Å². The highest BCUT2D eigenvalue weighted by molar-refractivity contribution is 7.99. The molecule has 3 nitrogen and oxygen atoms in total. The van der Waals surface area contributed by atoms with E-state index in [2.05, 4.69) is 12.2 Å². The zero-order chi connectivity index (χ0) is 8.91. The van der Waals surface area contributed by atoms with Crippen molar-refractivity contribution in [2.75, 3.05) is 18.6 Å². The molecule has 0 aliphatic heterocycles. The maximum absolute atomic E-state index is 10.9. The maximum atomic E-state index is 10.9. The number of likely N-dealkylation sites (N-methyl/N-ethyl adjacent to an activating group) is 1. The lowest BCUT2D eigenvalue weighted by molar-refractivity contribution is -0.122. The highest BCUT2D eigenvalue weighted by atomic mass is 32.2. The predicted molar refractivity (Wildman–Crippen MR) is 49.7 cm³/mol. The van der Waals surface area contributed by atoms with E-state index in [1.54, 1.807) is 18.8 Å². The van der Waals surface area contributed by atoms with E-state index in [0.717, 1.165) is 11.5 Å². The third-order valence-electron chi connectivity index (χ3n) is 1.69. The van der Waals surface area contributed by atoms with Crippen LogP contribution in [-0.4, -0.2) is 30.0 Å². The van der Waals surface area contributed by atoms with Crippen LogP contribution in [0.3, 0.4) is 0 Å². The number of primary amides is 1. The lowest BCUT2D eigenvalue weighted by Gasteiger charge is -2.24. The van der Waals surface area contributed by atoms with E-state index in [9.17, 15) is 4.79 Å². The fourth-order valence-electron chi connectivity index (χ4n) is 0.573. The summed E-state index contributed by atoms with van der Waals surface area (Å²) in [7, 11) is 1.75. The van der Waals surface area contributed by atoms with Crippen LogP contribution in [0.1, 0.15) is 13.8 Å². The third-order valence-corrected chi connectivity index (χ3v) is 2.88. The Morgan fingerprint density at radius 1 is 1.73 bits per heavy atom. The Hall–Kier alpha value is -0.220. The van der Waals surface area contributed by atoms with Crippen LogP contribution in [0.4, 0.5) is 0 Å². The minimum absolute atomic E-state index is 0.291.